The van der Waals surface area contributed by atoms with Crippen LogP contribution in [0.5, 0.6) is 0 Å². The Balaban J connectivity index is 2.16. The summed E-state index contributed by atoms with van der Waals surface area (Å²) in [5.41, 5.74) is 0.620. The third-order valence-electron chi connectivity index (χ3n) is 4.19. The van der Waals surface area contributed by atoms with Gasteiger partial charge in [-0.1, -0.05) is 6.92 Å². The number of likely N-dealkylation sites (tertiary alicyclic amines) is 1. The predicted molar refractivity (Wildman–Crippen MR) is 81.4 cm³/mol. The molecule has 2 atom stereocenters. The zero-order chi connectivity index (χ0) is 15.6. The van der Waals surface area contributed by atoms with Crippen LogP contribution in [0.3, 0.4) is 0 Å². The maximum atomic E-state index is 12.5. The van der Waals surface area contributed by atoms with Crippen LogP contribution in [-0.4, -0.2) is 49.2 Å². The van der Waals surface area contributed by atoms with Crippen molar-refractivity contribution in [1.82, 2.24) is 14.2 Å². The number of rotatable bonds is 5. The van der Waals surface area contributed by atoms with Gasteiger partial charge >= 0.3 is 0 Å². The molecule has 2 N–H and O–H groups in total. The van der Waals surface area contributed by atoms with Crippen molar-refractivity contribution in [2.45, 2.75) is 44.4 Å². The minimum atomic E-state index is -3.53. The van der Waals surface area contributed by atoms with Gasteiger partial charge in [0.1, 0.15) is 0 Å². The molecule has 1 aliphatic rings. The van der Waals surface area contributed by atoms with E-state index >= 15 is 0 Å². The fourth-order valence-electron chi connectivity index (χ4n) is 2.90. The Hall–Kier alpha value is -0.890. The molecule has 0 amide bonds. The van der Waals surface area contributed by atoms with Gasteiger partial charge in [-0.15, -0.1) is 0 Å². The average molecular weight is 315 g/mol. The maximum absolute atomic E-state index is 12.5. The zero-order valence-electron chi connectivity index (χ0n) is 12.9. The molecule has 2 rings (SSSR count). The summed E-state index contributed by atoms with van der Waals surface area (Å²) >= 11 is 0. The molecular weight excluding hydrogens is 290 g/mol. The summed E-state index contributed by atoms with van der Waals surface area (Å²) in [4.78, 5) is 2.45. The van der Waals surface area contributed by atoms with E-state index in [0.29, 0.717) is 12.2 Å². The first-order valence-electron chi connectivity index (χ1n) is 7.38. The molecule has 6 nitrogen and oxygen atoms in total. The lowest BCUT2D eigenvalue weighted by Gasteiger charge is -2.34. The number of sulfonamides is 1. The standard InChI is InChI=1S/C14H25N3O3S/c1-4-17-9-13(7-12(17)10-18)21(19,20)15-14-5-6-16(3)8-11(14)2/h7,9,11,14-15,18H,4-6,8,10H2,1-3H3. The van der Waals surface area contributed by atoms with Crippen LogP contribution in [0.1, 0.15) is 26.0 Å². The average Bonchev–Trinajstić information content (AvgIpc) is 2.86. The number of hydrogen-bond acceptors (Lipinski definition) is 4. The van der Waals surface area contributed by atoms with Gasteiger partial charge in [-0.2, -0.15) is 0 Å². The first kappa shape index (κ1) is 16.5. The lowest BCUT2D eigenvalue weighted by atomic mass is 9.95. The van der Waals surface area contributed by atoms with Crippen molar-refractivity contribution < 1.29 is 13.5 Å². The molecule has 2 heterocycles. The van der Waals surface area contributed by atoms with Crippen molar-refractivity contribution in [1.29, 1.82) is 0 Å². The quantitative estimate of drug-likeness (QED) is 0.835. The Morgan fingerprint density at radius 1 is 1.48 bits per heavy atom. The van der Waals surface area contributed by atoms with Crippen molar-refractivity contribution >= 4 is 10.0 Å². The Labute approximate surface area is 126 Å². The third-order valence-corrected chi connectivity index (χ3v) is 5.65. The van der Waals surface area contributed by atoms with Gasteiger partial charge in [0.2, 0.25) is 10.0 Å². The predicted octanol–water partition coefficient (Wildman–Crippen LogP) is 0.619. The van der Waals surface area contributed by atoms with Gasteiger partial charge in [0.15, 0.2) is 0 Å². The van der Waals surface area contributed by atoms with E-state index in [1.807, 2.05) is 6.92 Å². The van der Waals surface area contributed by atoms with Gasteiger partial charge in [0.05, 0.1) is 11.5 Å². The minimum Gasteiger partial charge on any atom is -0.390 e. The van der Waals surface area contributed by atoms with E-state index in [-0.39, 0.29) is 23.5 Å². The molecule has 1 aromatic rings. The molecule has 1 aliphatic heterocycles. The summed E-state index contributed by atoms with van der Waals surface area (Å²) < 4.78 is 29.6. The molecule has 21 heavy (non-hydrogen) atoms. The van der Waals surface area contributed by atoms with Crippen molar-refractivity contribution in [3.63, 3.8) is 0 Å². The van der Waals surface area contributed by atoms with E-state index in [1.54, 1.807) is 16.8 Å². The van der Waals surface area contributed by atoms with Crippen LogP contribution in [0.4, 0.5) is 0 Å². The van der Waals surface area contributed by atoms with Crippen molar-refractivity contribution in [3.8, 4) is 0 Å². The van der Waals surface area contributed by atoms with Gasteiger partial charge in [0.25, 0.3) is 0 Å². The number of nitrogens with zero attached hydrogens (tertiary/aromatic N) is 2. The minimum absolute atomic E-state index is 0.0336. The van der Waals surface area contributed by atoms with Gasteiger partial charge in [-0.25, -0.2) is 13.1 Å². The molecule has 0 saturated carbocycles. The van der Waals surface area contributed by atoms with E-state index < -0.39 is 10.0 Å². The molecule has 0 aromatic carbocycles. The van der Waals surface area contributed by atoms with Crippen LogP contribution in [0, 0.1) is 5.92 Å². The molecule has 1 saturated heterocycles. The lowest BCUT2D eigenvalue weighted by Crippen LogP contribution is -2.48. The van der Waals surface area contributed by atoms with Gasteiger partial charge < -0.3 is 14.6 Å². The molecule has 1 fully saturated rings. The van der Waals surface area contributed by atoms with E-state index in [1.165, 1.54) is 0 Å². The molecule has 120 valence electrons. The van der Waals surface area contributed by atoms with Crippen LogP contribution < -0.4 is 4.72 Å². The number of nitrogens with one attached hydrogen (secondary N) is 1. The van der Waals surface area contributed by atoms with Crippen molar-refractivity contribution in [2.75, 3.05) is 20.1 Å². The van der Waals surface area contributed by atoms with Crippen LogP contribution in [-0.2, 0) is 23.2 Å². The smallest absolute Gasteiger partial charge is 0.242 e. The van der Waals surface area contributed by atoms with E-state index in [9.17, 15) is 13.5 Å². The Morgan fingerprint density at radius 3 is 2.71 bits per heavy atom. The second kappa shape index (κ2) is 6.48. The van der Waals surface area contributed by atoms with Crippen LogP contribution in [0.25, 0.3) is 0 Å². The van der Waals surface area contributed by atoms with E-state index in [4.69, 9.17) is 0 Å². The highest BCUT2D eigenvalue weighted by Gasteiger charge is 2.29. The molecule has 1 aromatic heterocycles. The number of aliphatic hydroxyl groups excluding tert-OH is 1. The van der Waals surface area contributed by atoms with Crippen LogP contribution in [0.2, 0.25) is 0 Å². The molecule has 7 heteroatoms. The summed E-state index contributed by atoms with van der Waals surface area (Å²) in [5, 5.41) is 9.28. The second-order valence-corrected chi connectivity index (χ2v) is 7.58. The molecular formula is C14H25N3O3S. The fourth-order valence-corrected chi connectivity index (χ4v) is 4.34. The largest absolute Gasteiger partial charge is 0.390 e. The Morgan fingerprint density at radius 2 is 2.19 bits per heavy atom. The monoisotopic (exact) mass is 315 g/mol. The van der Waals surface area contributed by atoms with Crippen molar-refractivity contribution in [3.05, 3.63) is 18.0 Å². The Kier molecular flexibility index (Phi) is 5.08. The normalized spacial score (nSPS) is 24.4. The zero-order valence-corrected chi connectivity index (χ0v) is 13.7. The number of aliphatic hydroxyl groups is 1. The van der Waals surface area contributed by atoms with Crippen LogP contribution >= 0.6 is 0 Å². The number of aryl methyl sites for hydroxylation is 1. The molecule has 0 bridgehead atoms. The van der Waals surface area contributed by atoms with Crippen molar-refractivity contribution in [2.24, 2.45) is 5.92 Å². The topological polar surface area (TPSA) is 74.6 Å². The molecule has 2 unspecified atom stereocenters. The van der Waals surface area contributed by atoms with Gasteiger partial charge in [-0.3, -0.25) is 0 Å². The first-order chi connectivity index (χ1) is 9.87. The highest BCUT2D eigenvalue weighted by Crippen LogP contribution is 2.20. The molecule has 0 aliphatic carbocycles. The number of piperidine rings is 1. The summed E-state index contributed by atoms with van der Waals surface area (Å²) in [6, 6.07) is 1.51. The van der Waals surface area contributed by atoms with E-state index in [2.05, 4.69) is 23.6 Å². The molecule has 0 spiro atoms. The lowest BCUT2D eigenvalue weighted by molar-refractivity contribution is 0.188. The SMILES string of the molecule is CCn1cc(S(=O)(=O)NC2CCN(C)CC2C)cc1CO. The third kappa shape index (κ3) is 3.66. The highest BCUT2D eigenvalue weighted by atomic mass is 32.2. The maximum Gasteiger partial charge on any atom is 0.242 e. The summed E-state index contributed by atoms with van der Waals surface area (Å²) in [6.07, 6.45) is 2.41. The Bertz CT molecular complexity index is 561. The first-order valence-corrected chi connectivity index (χ1v) is 8.86. The number of aromatic nitrogens is 1. The van der Waals surface area contributed by atoms with E-state index in [0.717, 1.165) is 19.5 Å². The summed E-state index contributed by atoms with van der Waals surface area (Å²) in [5.74, 6) is 0.282. The fraction of sp³-hybridized carbons (Fsp3) is 0.714. The molecule has 0 radical (unpaired) electrons. The van der Waals surface area contributed by atoms with Gasteiger partial charge in [0, 0.05) is 31.0 Å². The summed E-state index contributed by atoms with van der Waals surface area (Å²) in [7, 11) is -1.48. The van der Waals surface area contributed by atoms with Crippen LogP contribution in [0.15, 0.2) is 17.2 Å². The second-order valence-electron chi connectivity index (χ2n) is 5.87. The highest BCUT2D eigenvalue weighted by molar-refractivity contribution is 7.89. The van der Waals surface area contributed by atoms with Gasteiger partial charge in [-0.05, 0) is 38.9 Å². The summed E-state index contributed by atoms with van der Waals surface area (Å²) in [6.45, 7) is 6.26. The number of hydrogen-bond donors (Lipinski definition) is 2.